The van der Waals surface area contributed by atoms with Crippen molar-refractivity contribution in [3.63, 3.8) is 0 Å². The molecule has 0 aliphatic heterocycles. The van der Waals surface area contributed by atoms with Crippen molar-refractivity contribution < 1.29 is 18.8 Å². The van der Waals surface area contributed by atoms with E-state index < -0.39 is 25.0 Å². The van der Waals surface area contributed by atoms with Gasteiger partial charge in [-0.15, -0.1) is 0 Å². The van der Waals surface area contributed by atoms with Gasteiger partial charge in [0, 0.05) is 12.4 Å². The fourth-order valence-corrected chi connectivity index (χ4v) is 4.46. The molecule has 0 saturated heterocycles. The number of benzene rings is 2. The minimum Gasteiger partial charge on any atom is -0.321 e. The van der Waals surface area contributed by atoms with Gasteiger partial charge in [0.1, 0.15) is 5.69 Å². The van der Waals surface area contributed by atoms with Crippen LogP contribution < -0.4 is 16.2 Å². The summed E-state index contributed by atoms with van der Waals surface area (Å²) in [6.07, 6.45) is 4.45. The van der Waals surface area contributed by atoms with E-state index in [2.05, 4.69) is 20.4 Å². The molecule has 10 nitrogen and oxygen atoms in total. The van der Waals surface area contributed by atoms with E-state index in [4.69, 9.17) is 4.52 Å². The molecule has 4 aromatic rings. The fraction of sp³-hybridized carbons (Fsp3) is 0.130. The molecule has 3 N–H and O–H groups in total. The van der Waals surface area contributed by atoms with E-state index in [-0.39, 0.29) is 23.5 Å². The van der Waals surface area contributed by atoms with Gasteiger partial charge in [-0.05, 0) is 36.2 Å². The van der Waals surface area contributed by atoms with Gasteiger partial charge >= 0.3 is 7.60 Å². The van der Waals surface area contributed by atoms with Crippen LogP contribution in [-0.2, 0) is 13.9 Å². The van der Waals surface area contributed by atoms with Gasteiger partial charge < -0.3 is 14.7 Å². The molecule has 0 saturated carbocycles. The number of rotatable bonds is 8. The maximum atomic E-state index is 13.3. The van der Waals surface area contributed by atoms with Gasteiger partial charge in [0.15, 0.2) is 0 Å². The van der Waals surface area contributed by atoms with Crippen LogP contribution in [0.4, 0.5) is 5.69 Å². The molecule has 34 heavy (non-hydrogen) atoms. The quantitative estimate of drug-likeness (QED) is 0.330. The standard InChI is InChI=1S/C23H22N5O5P/c1-2-33-34(31,32)18-11-9-17(10-12-18)20(16-7-4-3-5-8-16)22(30)26-19-15-24-23(27-21(19)29)28-14-6-13-25-28/h3-15,20H,2H2,1H3,(H,26,30)(H,31,32)(H,24,27,29). The molecule has 2 aromatic carbocycles. The first-order valence-electron chi connectivity index (χ1n) is 10.4. The summed E-state index contributed by atoms with van der Waals surface area (Å²) in [5.74, 6) is -1.04. The Morgan fingerprint density at radius 1 is 1.15 bits per heavy atom. The average Bonchev–Trinajstić information content (AvgIpc) is 3.37. The number of hydrogen-bond donors (Lipinski definition) is 3. The Hall–Kier alpha value is -3.85. The van der Waals surface area contributed by atoms with E-state index >= 15 is 0 Å². The van der Waals surface area contributed by atoms with Crippen molar-refractivity contribution >= 4 is 24.5 Å². The van der Waals surface area contributed by atoms with Gasteiger partial charge in [-0.1, -0.05) is 42.5 Å². The lowest BCUT2D eigenvalue weighted by Crippen LogP contribution is -2.27. The Bertz CT molecular complexity index is 1370. The minimum absolute atomic E-state index is 0.0188. The summed E-state index contributed by atoms with van der Waals surface area (Å²) in [6.45, 7) is 1.72. The van der Waals surface area contributed by atoms with Crippen LogP contribution in [0.25, 0.3) is 5.95 Å². The number of anilines is 1. The molecule has 0 aliphatic carbocycles. The SMILES string of the molecule is CCOP(=O)(O)c1ccc(C(C(=O)Nc2cnc(-n3cccn3)[nH]c2=O)c2ccccc2)cc1. The first kappa shape index (κ1) is 23.3. The van der Waals surface area contributed by atoms with Crippen LogP contribution in [0.2, 0.25) is 0 Å². The molecule has 0 radical (unpaired) electrons. The molecule has 11 heteroatoms. The number of aromatic nitrogens is 4. The van der Waals surface area contributed by atoms with Crippen LogP contribution in [0.15, 0.2) is 84.0 Å². The zero-order chi connectivity index (χ0) is 24.1. The Morgan fingerprint density at radius 3 is 2.47 bits per heavy atom. The Kier molecular flexibility index (Phi) is 6.83. The Morgan fingerprint density at radius 2 is 1.85 bits per heavy atom. The van der Waals surface area contributed by atoms with Gasteiger partial charge in [0.05, 0.1) is 24.0 Å². The van der Waals surface area contributed by atoms with Crippen molar-refractivity contribution in [3.8, 4) is 5.95 Å². The molecule has 0 spiro atoms. The van der Waals surface area contributed by atoms with Crippen molar-refractivity contribution in [2.75, 3.05) is 11.9 Å². The number of aromatic amines is 1. The highest BCUT2D eigenvalue weighted by Gasteiger charge is 2.26. The summed E-state index contributed by atoms with van der Waals surface area (Å²) < 4.78 is 18.6. The van der Waals surface area contributed by atoms with Crippen LogP contribution in [0.3, 0.4) is 0 Å². The third-order valence-electron chi connectivity index (χ3n) is 5.02. The van der Waals surface area contributed by atoms with Crippen molar-refractivity contribution in [1.29, 1.82) is 0 Å². The summed E-state index contributed by atoms with van der Waals surface area (Å²) in [5, 5.41) is 6.78. The van der Waals surface area contributed by atoms with Gasteiger partial charge in [-0.2, -0.15) is 5.10 Å². The second-order valence-corrected chi connectivity index (χ2v) is 9.08. The van der Waals surface area contributed by atoms with Crippen LogP contribution in [0.1, 0.15) is 24.0 Å². The molecule has 0 fully saturated rings. The molecular formula is C23H22N5O5P. The molecule has 1 amide bonds. The second kappa shape index (κ2) is 9.96. The fourth-order valence-electron chi connectivity index (χ4n) is 3.44. The number of nitrogens with zero attached hydrogens (tertiary/aromatic N) is 3. The van der Waals surface area contributed by atoms with E-state index in [1.165, 1.54) is 23.0 Å². The smallest absolute Gasteiger partial charge is 0.321 e. The van der Waals surface area contributed by atoms with Gasteiger partial charge in [0.25, 0.3) is 5.56 Å². The van der Waals surface area contributed by atoms with E-state index in [0.29, 0.717) is 11.1 Å². The molecular weight excluding hydrogens is 457 g/mol. The molecule has 0 bridgehead atoms. The number of nitrogens with one attached hydrogen (secondary N) is 2. The van der Waals surface area contributed by atoms with E-state index in [0.717, 1.165) is 0 Å². The molecule has 4 rings (SSSR count). The maximum absolute atomic E-state index is 13.3. The molecule has 174 valence electrons. The van der Waals surface area contributed by atoms with E-state index in [1.807, 2.05) is 6.07 Å². The average molecular weight is 479 g/mol. The molecule has 2 atom stereocenters. The first-order chi connectivity index (χ1) is 16.4. The third-order valence-corrected chi connectivity index (χ3v) is 6.58. The maximum Gasteiger partial charge on any atom is 0.358 e. The van der Waals surface area contributed by atoms with Gasteiger partial charge in [-0.25, -0.2) is 9.67 Å². The molecule has 2 aromatic heterocycles. The third kappa shape index (κ3) is 5.04. The molecule has 2 unspecified atom stereocenters. The first-order valence-corrected chi connectivity index (χ1v) is 12.0. The van der Waals surface area contributed by atoms with Crippen LogP contribution in [0.5, 0.6) is 0 Å². The molecule has 2 heterocycles. The predicted octanol–water partition coefficient (Wildman–Crippen LogP) is 2.57. The monoisotopic (exact) mass is 479 g/mol. The van der Waals surface area contributed by atoms with E-state index in [1.54, 1.807) is 61.8 Å². The van der Waals surface area contributed by atoms with E-state index in [9.17, 15) is 19.0 Å². The number of carbonyl (C=O) groups is 1. The highest BCUT2D eigenvalue weighted by Crippen LogP contribution is 2.40. The Balaban J connectivity index is 1.64. The summed E-state index contributed by atoms with van der Waals surface area (Å²) >= 11 is 0. The minimum atomic E-state index is -3.94. The Labute approximate surface area is 194 Å². The van der Waals surface area contributed by atoms with Gasteiger partial charge in [-0.3, -0.25) is 19.1 Å². The summed E-state index contributed by atoms with van der Waals surface area (Å²) in [6, 6.07) is 16.8. The number of carbonyl (C=O) groups excluding carboxylic acids is 1. The lowest BCUT2D eigenvalue weighted by molar-refractivity contribution is -0.116. The normalized spacial score (nSPS) is 13.7. The lowest BCUT2D eigenvalue weighted by Gasteiger charge is -2.19. The second-order valence-electron chi connectivity index (χ2n) is 7.26. The van der Waals surface area contributed by atoms with Crippen molar-refractivity contribution in [3.05, 3.63) is 101 Å². The van der Waals surface area contributed by atoms with Crippen LogP contribution >= 0.6 is 7.60 Å². The largest absolute Gasteiger partial charge is 0.358 e. The van der Waals surface area contributed by atoms with Crippen LogP contribution in [-0.4, -0.2) is 37.2 Å². The topological polar surface area (TPSA) is 139 Å². The highest BCUT2D eigenvalue weighted by molar-refractivity contribution is 7.61. The van der Waals surface area contributed by atoms with Crippen molar-refractivity contribution in [1.82, 2.24) is 19.7 Å². The zero-order valence-corrected chi connectivity index (χ0v) is 19.1. The number of amides is 1. The summed E-state index contributed by atoms with van der Waals surface area (Å²) in [7, 11) is -3.94. The number of hydrogen-bond acceptors (Lipinski definition) is 6. The predicted molar refractivity (Wildman–Crippen MR) is 126 cm³/mol. The molecule has 0 aliphatic rings. The van der Waals surface area contributed by atoms with Crippen LogP contribution in [0, 0.1) is 0 Å². The van der Waals surface area contributed by atoms with Gasteiger partial charge in [0.2, 0.25) is 11.9 Å². The zero-order valence-electron chi connectivity index (χ0n) is 18.2. The summed E-state index contributed by atoms with van der Waals surface area (Å²) in [4.78, 5) is 42.7. The van der Waals surface area contributed by atoms with Crippen molar-refractivity contribution in [2.45, 2.75) is 12.8 Å². The summed E-state index contributed by atoms with van der Waals surface area (Å²) in [5.41, 5.74) is 0.701. The lowest BCUT2D eigenvalue weighted by atomic mass is 9.90. The van der Waals surface area contributed by atoms with Crippen molar-refractivity contribution in [2.24, 2.45) is 0 Å². The number of H-pyrrole nitrogens is 1. The highest BCUT2D eigenvalue weighted by atomic mass is 31.2.